The summed E-state index contributed by atoms with van der Waals surface area (Å²) in [6.07, 6.45) is 5.68. The summed E-state index contributed by atoms with van der Waals surface area (Å²) in [5.41, 5.74) is 1.31. The van der Waals surface area contributed by atoms with E-state index in [-0.39, 0.29) is 0 Å². The quantitative estimate of drug-likeness (QED) is 0.517. The molecule has 0 saturated carbocycles. The monoisotopic (exact) mass is 256 g/mol. The minimum Gasteiger partial charge on any atom is -0.302 e. The summed E-state index contributed by atoms with van der Waals surface area (Å²) in [4.78, 5) is 10.1. The zero-order valence-electron chi connectivity index (χ0n) is 9.32. The molecule has 0 fully saturated rings. The lowest BCUT2D eigenvalue weighted by atomic mass is 10.1. The van der Waals surface area contributed by atoms with Crippen molar-refractivity contribution in [3.63, 3.8) is 0 Å². The molecule has 0 amide bonds. The zero-order valence-corrected chi connectivity index (χ0v) is 10.9. The van der Waals surface area contributed by atoms with E-state index in [0.717, 1.165) is 23.5 Å². The second kappa shape index (κ2) is 8.66. The SMILES string of the molecule is O=CCSCCCCCc1cccc(Cl)c1. The second-order valence-corrected chi connectivity index (χ2v) is 5.27. The summed E-state index contributed by atoms with van der Waals surface area (Å²) < 4.78 is 0. The minimum absolute atomic E-state index is 0.633. The molecule has 0 unspecified atom stereocenters. The standard InChI is InChI=1S/C13H17ClOS/c14-13-7-4-6-12(11-13)5-2-1-3-9-16-10-8-15/h4,6-8,11H,1-3,5,9-10H2. The third-order valence-electron chi connectivity index (χ3n) is 2.33. The first-order chi connectivity index (χ1) is 7.83. The van der Waals surface area contributed by atoms with Crippen LogP contribution in [0.4, 0.5) is 0 Å². The molecule has 1 aromatic carbocycles. The molecule has 1 aromatic rings. The Morgan fingerprint density at radius 1 is 1.25 bits per heavy atom. The number of unbranched alkanes of at least 4 members (excludes halogenated alkanes) is 2. The number of carbonyl (C=O) groups is 1. The average molecular weight is 257 g/mol. The first-order valence-corrected chi connectivity index (χ1v) is 7.12. The first kappa shape index (κ1) is 13.6. The highest BCUT2D eigenvalue weighted by Gasteiger charge is 1.95. The van der Waals surface area contributed by atoms with E-state index in [1.54, 1.807) is 11.8 Å². The molecule has 1 nitrogen and oxygen atoms in total. The average Bonchev–Trinajstić information content (AvgIpc) is 2.28. The summed E-state index contributed by atoms with van der Waals surface area (Å²) >= 11 is 7.62. The molecule has 16 heavy (non-hydrogen) atoms. The Kier molecular flexibility index (Phi) is 7.35. The highest BCUT2D eigenvalue weighted by atomic mass is 35.5. The lowest BCUT2D eigenvalue weighted by molar-refractivity contribution is -0.105. The molecule has 0 saturated heterocycles. The second-order valence-electron chi connectivity index (χ2n) is 3.68. The maximum Gasteiger partial charge on any atom is 0.129 e. The van der Waals surface area contributed by atoms with E-state index in [9.17, 15) is 4.79 Å². The number of hydrogen-bond acceptors (Lipinski definition) is 2. The van der Waals surface area contributed by atoms with Crippen LogP contribution in [0.15, 0.2) is 24.3 Å². The van der Waals surface area contributed by atoms with E-state index < -0.39 is 0 Å². The Hall–Kier alpha value is -0.470. The van der Waals surface area contributed by atoms with Crippen molar-refractivity contribution < 1.29 is 4.79 Å². The highest BCUT2D eigenvalue weighted by molar-refractivity contribution is 7.99. The Bertz CT molecular complexity index is 315. The van der Waals surface area contributed by atoms with Crippen molar-refractivity contribution >= 4 is 29.6 Å². The topological polar surface area (TPSA) is 17.1 Å². The van der Waals surface area contributed by atoms with Gasteiger partial charge in [0.05, 0.1) is 0 Å². The molecule has 0 aromatic heterocycles. The number of aldehydes is 1. The number of benzene rings is 1. The molecule has 0 aliphatic rings. The number of thioether (sulfide) groups is 1. The molecule has 0 aliphatic carbocycles. The van der Waals surface area contributed by atoms with Gasteiger partial charge in [-0.1, -0.05) is 30.2 Å². The molecule has 3 heteroatoms. The summed E-state index contributed by atoms with van der Waals surface area (Å²) in [7, 11) is 0. The van der Waals surface area contributed by atoms with Gasteiger partial charge in [0.1, 0.15) is 6.29 Å². The maximum absolute atomic E-state index is 10.1. The largest absolute Gasteiger partial charge is 0.302 e. The third-order valence-corrected chi connectivity index (χ3v) is 3.51. The maximum atomic E-state index is 10.1. The van der Waals surface area contributed by atoms with Gasteiger partial charge in [-0.15, -0.1) is 0 Å². The van der Waals surface area contributed by atoms with Crippen LogP contribution in [-0.4, -0.2) is 17.8 Å². The molecular weight excluding hydrogens is 240 g/mol. The van der Waals surface area contributed by atoms with Crippen LogP contribution in [-0.2, 0) is 11.2 Å². The van der Waals surface area contributed by atoms with Crippen molar-refractivity contribution in [3.05, 3.63) is 34.9 Å². The van der Waals surface area contributed by atoms with E-state index in [0.29, 0.717) is 5.75 Å². The van der Waals surface area contributed by atoms with Crippen molar-refractivity contribution in [2.75, 3.05) is 11.5 Å². The minimum atomic E-state index is 0.633. The first-order valence-electron chi connectivity index (χ1n) is 5.59. The number of aryl methyl sites for hydroxylation is 1. The fourth-order valence-electron chi connectivity index (χ4n) is 1.53. The Morgan fingerprint density at radius 3 is 2.88 bits per heavy atom. The van der Waals surface area contributed by atoms with Crippen LogP contribution in [0.25, 0.3) is 0 Å². The van der Waals surface area contributed by atoms with Gasteiger partial charge in [0, 0.05) is 10.8 Å². The summed E-state index contributed by atoms with van der Waals surface area (Å²) in [6, 6.07) is 8.05. The Balaban J connectivity index is 2.05. The molecule has 0 bridgehead atoms. The lowest BCUT2D eigenvalue weighted by Crippen LogP contribution is -1.88. The van der Waals surface area contributed by atoms with Gasteiger partial charge in [0.25, 0.3) is 0 Å². The van der Waals surface area contributed by atoms with Crippen molar-refractivity contribution in [3.8, 4) is 0 Å². The Labute approximate surface area is 107 Å². The fourth-order valence-corrected chi connectivity index (χ4v) is 2.42. The van der Waals surface area contributed by atoms with Gasteiger partial charge in [-0.2, -0.15) is 11.8 Å². The van der Waals surface area contributed by atoms with E-state index in [4.69, 9.17) is 11.6 Å². The fraction of sp³-hybridized carbons (Fsp3) is 0.462. The van der Waals surface area contributed by atoms with Gasteiger partial charge in [-0.05, 0) is 42.7 Å². The van der Waals surface area contributed by atoms with Gasteiger partial charge >= 0.3 is 0 Å². The molecule has 0 atom stereocenters. The van der Waals surface area contributed by atoms with Crippen molar-refractivity contribution in [1.29, 1.82) is 0 Å². The van der Waals surface area contributed by atoms with Gasteiger partial charge in [-0.25, -0.2) is 0 Å². The predicted octanol–water partition coefficient (Wildman–Crippen LogP) is 3.98. The van der Waals surface area contributed by atoms with E-state index in [1.807, 2.05) is 18.2 Å². The lowest BCUT2D eigenvalue weighted by Gasteiger charge is -2.02. The van der Waals surface area contributed by atoms with Gasteiger partial charge in [0.15, 0.2) is 0 Å². The number of hydrogen-bond donors (Lipinski definition) is 0. The van der Waals surface area contributed by atoms with Crippen LogP contribution in [0.1, 0.15) is 24.8 Å². The van der Waals surface area contributed by atoms with Crippen LogP contribution in [0.5, 0.6) is 0 Å². The number of carbonyl (C=O) groups excluding carboxylic acids is 1. The normalized spacial score (nSPS) is 10.3. The molecule has 0 radical (unpaired) electrons. The predicted molar refractivity (Wildman–Crippen MR) is 72.4 cm³/mol. The van der Waals surface area contributed by atoms with Crippen LogP contribution < -0.4 is 0 Å². The smallest absolute Gasteiger partial charge is 0.129 e. The highest BCUT2D eigenvalue weighted by Crippen LogP contribution is 2.14. The van der Waals surface area contributed by atoms with Crippen molar-refractivity contribution in [2.45, 2.75) is 25.7 Å². The molecule has 0 N–H and O–H groups in total. The van der Waals surface area contributed by atoms with Crippen LogP contribution >= 0.6 is 23.4 Å². The van der Waals surface area contributed by atoms with Crippen molar-refractivity contribution in [1.82, 2.24) is 0 Å². The van der Waals surface area contributed by atoms with E-state index in [1.165, 1.54) is 24.8 Å². The van der Waals surface area contributed by atoms with Crippen LogP contribution in [0.3, 0.4) is 0 Å². The van der Waals surface area contributed by atoms with Crippen LogP contribution in [0.2, 0.25) is 5.02 Å². The van der Waals surface area contributed by atoms with Gasteiger partial charge in [0.2, 0.25) is 0 Å². The van der Waals surface area contributed by atoms with Gasteiger partial charge < -0.3 is 4.79 Å². The molecule has 0 spiro atoms. The zero-order chi connectivity index (χ0) is 11.6. The third kappa shape index (κ3) is 6.19. The number of rotatable bonds is 8. The molecule has 1 rings (SSSR count). The van der Waals surface area contributed by atoms with Gasteiger partial charge in [-0.3, -0.25) is 0 Å². The molecule has 0 aliphatic heterocycles. The van der Waals surface area contributed by atoms with Crippen LogP contribution in [0, 0.1) is 0 Å². The molecule has 0 heterocycles. The summed E-state index contributed by atoms with van der Waals surface area (Å²) in [5.74, 6) is 1.72. The molecular formula is C13H17ClOS. The summed E-state index contributed by atoms with van der Waals surface area (Å²) in [5, 5.41) is 0.819. The van der Waals surface area contributed by atoms with Crippen molar-refractivity contribution in [2.24, 2.45) is 0 Å². The number of halogens is 1. The van der Waals surface area contributed by atoms with E-state index in [2.05, 4.69) is 6.07 Å². The Morgan fingerprint density at radius 2 is 2.12 bits per heavy atom. The van der Waals surface area contributed by atoms with E-state index >= 15 is 0 Å². The molecule has 88 valence electrons. The summed E-state index contributed by atoms with van der Waals surface area (Å²) in [6.45, 7) is 0.